The van der Waals surface area contributed by atoms with Crippen LogP contribution in [0.4, 0.5) is 5.95 Å². The zero-order chi connectivity index (χ0) is 15.7. The van der Waals surface area contributed by atoms with E-state index in [9.17, 15) is 0 Å². The van der Waals surface area contributed by atoms with Gasteiger partial charge in [0, 0.05) is 18.0 Å². The van der Waals surface area contributed by atoms with Crippen molar-refractivity contribution in [2.24, 2.45) is 16.8 Å². The highest BCUT2D eigenvalue weighted by atomic mass is 16.4. The first-order valence-electron chi connectivity index (χ1n) is 7.22. The van der Waals surface area contributed by atoms with E-state index in [2.05, 4.69) is 15.1 Å². The number of hydrogen-bond acceptors (Lipinski definition) is 5. The van der Waals surface area contributed by atoms with Gasteiger partial charge in [-0.2, -0.15) is 0 Å². The van der Waals surface area contributed by atoms with Crippen LogP contribution in [0.5, 0.6) is 0 Å². The molecule has 0 spiro atoms. The molecule has 0 aliphatic heterocycles. The van der Waals surface area contributed by atoms with Crippen LogP contribution < -0.4 is 11.5 Å². The molecule has 0 amide bonds. The lowest BCUT2D eigenvalue weighted by Gasteiger charge is -2.29. The first-order chi connectivity index (χ1) is 10.6. The molecular weight excluding hydrogens is 278 g/mol. The van der Waals surface area contributed by atoms with Crippen molar-refractivity contribution in [3.05, 3.63) is 42.2 Å². The summed E-state index contributed by atoms with van der Waals surface area (Å²) in [6, 6.07) is 8.02. The summed E-state index contributed by atoms with van der Waals surface area (Å²) in [5.41, 5.74) is 14.0. The number of nitrogens with zero attached hydrogens (tertiary/aromatic N) is 3. The van der Waals surface area contributed by atoms with Gasteiger partial charge in [-0.15, -0.1) is 0 Å². The highest BCUT2D eigenvalue weighted by Crippen LogP contribution is 2.47. The Morgan fingerprint density at radius 1 is 1.18 bits per heavy atom. The van der Waals surface area contributed by atoms with Crippen molar-refractivity contribution in [2.75, 3.05) is 5.73 Å². The number of aromatic nitrogens is 2. The Labute approximate surface area is 128 Å². The molecule has 114 valence electrons. The van der Waals surface area contributed by atoms with E-state index in [1.54, 1.807) is 12.4 Å². The van der Waals surface area contributed by atoms with E-state index in [0.29, 0.717) is 5.92 Å². The molecule has 1 saturated carbocycles. The predicted molar refractivity (Wildman–Crippen MR) is 85.4 cm³/mol. The third-order valence-electron chi connectivity index (χ3n) is 4.52. The topological polar surface area (TPSA) is 110 Å². The van der Waals surface area contributed by atoms with Crippen LogP contribution in [-0.2, 0) is 5.41 Å². The Morgan fingerprint density at radius 2 is 1.77 bits per heavy atom. The molecule has 1 aromatic carbocycles. The smallest absolute Gasteiger partial charge is 0.219 e. The highest BCUT2D eigenvalue weighted by molar-refractivity contribution is 5.91. The molecule has 1 aromatic heterocycles. The van der Waals surface area contributed by atoms with Gasteiger partial charge in [0.2, 0.25) is 5.95 Å². The van der Waals surface area contributed by atoms with Crippen molar-refractivity contribution >= 4 is 11.8 Å². The summed E-state index contributed by atoms with van der Waals surface area (Å²) in [5.74, 6) is 0.946. The summed E-state index contributed by atoms with van der Waals surface area (Å²) < 4.78 is 0. The fourth-order valence-electron chi connectivity index (χ4n) is 2.85. The molecule has 1 atom stereocenters. The van der Waals surface area contributed by atoms with Gasteiger partial charge in [-0.3, -0.25) is 0 Å². The Balaban J connectivity index is 1.95. The standard InChI is InChI=1S/C16H19N5O/c1-16(13-6-7-13,14(17)21-22)12-4-2-10(3-5-12)11-8-19-15(18)20-9-11/h2-5,8-9,13,22H,6-7H2,1H3,(H2,17,21)(H2,18,19,20)/t16-/m0/s1. The van der Waals surface area contributed by atoms with E-state index in [1.165, 1.54) is 0 Å². The summed E-state index contributed by atoms with van der Waals surface area (Å²) in [6.45, 7) is 2.03. The molecule has 22 heavy (non-hydrogen) atoms. The van der Waals surface area contributed by atoms with Crippen molar-refractivity contribution in [1.29, 1.82) is 0 Å². The van der Waals surface area contributed by atoms with Crippen molar-refractivity contribution < 1.29 is 5.21 Å². The van der Waals surface area contributed by atoms with Gasteiger partial charge in [0.15, 0.2) is 0 Å². The van der Waals surface area contributed by atoms with Crippen LogP contribution >= 0.6 is 0 Å². The normalized spacial score (nSPS) is 18.0. The monoisotopic (exact) mass is 297 g/mol. The quantitative estimate of drug-likeness (QED) is 0.346. The number of anilines is 1. The van der Waals surface area contributed by atoms with Gasteiger partial charge < -0.3 is 16.7 Å². The summed E-state index contributed by atoms with van der Waals surface area (Å²) in [5, 5.41) is 12.4. The maximum atomic E-state index is 9.10. The summed E-state index contributed by atoms with van der Waals surface area (Å²) in [4.78, 5) is 8.00. The molecule has 6 heteroatoms. The van der Waals surface area contributed by atoms with Crippen molar-refractivity contribution in [2.45, 2.75) is 25.2 Å². The molecule has 5 N–H and O–H groups in total. The van der Waals surface area contributed by atoms with E-state index in [-0.39, 0.29) is 11.8 Å². The highest BCUT2D eigenvalue weighted by Gasteiger charge is 2.46. The molecule has 0 unspecified atom stereocenters. The van der Waals surface area contributed by atoms with Crippen LogP contribution in [0.3, 0.4) is 0 Å². The molecule has 6 nitrogen and oxygen atoms in total. The largest absolute Gasteiger partial charge is 0.409 e. The van der Waals surface area contributed by atoms with E-state index in [1.807, 2.05) is 31.2 Å². The van der Waals surface area contributed by atoms with Crippen LogP contribution in [0, 0.1) is 5.92 Å². The second-order valence-electron chi connectivity index (χ2n) is 5.87. The molecule has 0 bridgehead atoms. The molecule has 1 aliphatic carbocycles. The van der Waals surface area contributed by atoms with Gasteiger partial charge in [-0.05, 0) is 36.8 Å². The minimum absolute atomic E-state index is 0.258. The van der Waals surface area contributed by atoms with Gasteiger partial charge in [0.05, 0.1) is 5.41 Å². The summed E-state index contributed by atoms with van der Waals surface area (Å²) in [6.07, 6.45) is 5.59. The SMILES string of the molecule is C[C@](/C(N)=N/O)(c1ccc(-c2cnc(N)nc2)cc1)C1CC1. The number of benzene rings is 1. The molecule has 2 aromatic rings. The van der Waals surface area contributed by atoms with Crippen LogP contribution in [0.2, 0.25) is 0 Å². The maximum Gasteiger partial charge on any atom is 0.219 e. The minimum Gasteiger partial charge on any atom is -0.409 e. The zero-order valence-electron chi connectivity index (χ0n) is 12.4. The third kappa shape index (κ3) is 2.36. The van der Waals surface area contributed by atoms with E-state index in [0.717, 1.165) is 29.5 Å². The van der Waals surface area contributed by atoms with Crippen LogP contribution in [0.15, 0.2) is 41.8 Å². The lowest BCUT2D eigenvalue weighted by molar-refractivity contribution is 0.310. The van der Waals surface area contributed by atoms with Gasteiger partial charge in [0.25, 0.3) is 0 Å². The first-order valence-corrected chi connectivity index (χ1v) is 7.22. The lowest BCUT2D eigenvalue weighted by atomic mass is 9.76. The van der Waals surface area contributed by atoms with Crippen LogP contribution in [-0.4, -0.2) is 21.0 Å². The Bertz CT molecular complexity index is 691. The number of amidine groups is 1. The maximum absolute atomic E-state index is 9.10. The fourth-order valence-corrected chi connectivity index (χ4v) is 2.85. The Morgan fingerprint density at radius 3 is 2.27 bits per heavy atom. The molecule has 0 radical (unpaired) electrons. The number of hydrogen-bond donors (Lipinski definition) is 3. The molecule has 0 saturated heterocycles. The minimum atomic E-state index is -0.426. The van der Waals surface area contributed by atoms with Crippen LogP contribution in [0.25, 0.3) is 11.1 Å². The van der Waals surface area contributed by atoms with E-state index < -0.39 is 5.41 Å². The van der Waals surface area contributed by atoms with Crippen molar-refractivity contribution in [3.8, 4) is 11.1 Å². The van der Waals surface area contributed by atoms with Gasteiger partial charge in [0.1, 0.15) is 5.84 Å². The average Bonchev–Trinajstić information content (AvgIpc) is 3.39. The van der Waals surface area contributed by atoms with E-state index >= 15 is 0 Å². The van der Waals surface area contributed by atoms with E-state index in [4.69, 9.17) is 16.7 Å². The van der Waals surface area contributed by atoms with Gasteiger partial charge in [-0.1, -0.05) is 29.4 Å². The number of nitrogen functional groups attached to an aromatic ring is 1. The molecular formula is C16H19N5O. The van der Waals surface area contributed by atoms with Crippen molar-refractivity contribution in [1.82, 2.24) is 9.97 Å². The Kier molecular flexibility index (Phi) is 3.44. The van der Waals surface area contributed by atoms with Gasteiger partial charge >= 0.3 is 0 Å². The molecule has 3 rings (SSSR count). The second kappa shape index (κ2) is 5.29. The second-order valence-corrected chi connectivity index (χ2v) is 5.87. The summed E-state index contributed by atoms with van der Waals surface area (Å²) in [7, 11) is 0. The molecule has 1 heterocycles. The van der Waals surface area contributed by atoms with Crippen LogP contribution in [0.1, 0.15) is 25.3 Å². The third-order valence-corrected chi connectivity index (χ3v) is 4.52. The number of nitrogens with two attached hydrogens (primary N) is 2. The lowest BCUT2D eigenvalue weighted by Crippen LogP contribution is -2.40. The fraction of sp³-hybridized carbons (Fsp3) is 0.312. The van der Waals surface area contributed by atoms with Gasteiger partial charge in [-0.25, -0.2) is 9.97 Å². The summed E-state index contributed by atoms with van der Waals surface area (Å²) >= 11 is 0. The zero-order valence-corrected chi connectivity index (χ0v) is 12.4. The number of oxime groups is 1. The first kappa shape index (κ1) is 14.3. The van der Waals surface area contributed by atoms with Crippen molar-refractivity contribution in [3.63, 3.8) is 0 Å². The molecule has 1 aliphatic rings. The number of rotatable bonds is 4. The average molecular weight is 297 g/mol. The molecule has 1 fully saturated rings. The Hall–Kier alpha value is -2.63. The predicted octanol–water partition coefficient (Wildman–Crippen LogP) is 2.14.